The molecule has 162 valence electrons. The second-order valence-electron chi connectivity index (χ2n) is 8.59. The Balaban J connectivity index is 1.52. The number of halogens is 1. The number of hydrogen-bond donors (Lipinski definition) is 1. The zero-order valence-electron chi connectivity index (χ0n) is 18.3. The molecule has 0 aliphatic carbocycles. The molecule has 2 aromatic rings. The maximum absolute atomic E-state index is 12.6. The summed E-state index contributed by atoms with van der Waals surface area (Å²) >= 11 is 6.16. The van der Waals surface area contributed by atoms with Gasteiger partial charge in [-0.1, -0.05) is 42.3 Å². The van der Waals surface area contributed by atoms with Gasteiger partial charge in [0.15, 0.2) is 0 Å². The van der Waals surface area contributed by atoms with E-state index >= 15 is 0 Å². The van der Waals surface area contributed by atoms with Crippen LogP contribution < -0.4 is 5.32 Å². The third-order valence-corrected chi connectivity index (χ3v) is 6.04. The average Bonchev–Trinajstić information content (AvgIpc) is 3.16. The van der Waals surface area contributed by atoms with Crippen molar-refractivity contribution in [2.24, 2.45) is 5.92 Å². The topological polar surface area (TPSA) is 50.2 Å². The lowest BCUT2D eigenvalue weighted by Gasteiger charge is -2.34. The maximum atomic E-state index is 12.6. The van der Waals surface area contributed by atoms with Gasteiger partial charge in [-0.25, -0.2) is 4.68 Å². The van der Waals surface area contributed by atoms with E-state index in [-0.39, 0.29) is 5.91 Å². The molecule has 1 amide bonds. The van der Waals surface area contributed by atoms with Crippen molar-refractivity contribution < 1.29 is 4.79 Å². The highest BCUT2D eigenvalue weighted by Crippen LogP contribution is 2.27. The van der Waals surface area contributed by atoms with Gasteiger partial charge in [-0.15, -0.1) is 0 Å². The molecule has 1 saturated heterocycles. The fraction of sp³-hybridized carbons (Fsp3) is 0.500. The van der Waals surface area contributed by atoms with Gasteiger partial charge in [0, 0.05) is 25.7 Å². The summed E-state index contributed by atoms with van der Waals surface area (Å²) in [6, 6.07) is 9.25. The minimum absolute atomic E-state index is 0.204. The highest BCUT2D eigenvalue weighted by Gasteiger charge is 2.24. The molecule has 1 aliphatic heterocycles. The number of carbonyl (C=O) groups excluding carboxylic acids is 1. The lowest BCUT2D eigenvalue weighted by atomic mass is 10.0. The van der Waals surface area contributed by atoms with Gasteiger partial charge in [-0.3, -0.25) is 4.79 Å². The smallest absolute Gasteiger partial charge is 0.258 e. The third-order valence-electron chi connectivity index (χ3n) is 5.72. The minimum Gasteiger partial charge on any atom is -0.307 e. The first kappa shape index (κ1) is 22.6. The molecule has 5 nitrogen and oxygen atoms in total. The highest BCUT2D eigenvalue weighted by molar-refractivity contribution is 6.34. The molecule has 0 bridgehead atoms. The van der Waals surface area contributed by atoms with Crippen molar-refractivity contribution in [2.75, 3.05) is 25.0 Å². The lowest BCUT2D eigenvalue weighted by Crippen LogP contribution is -2.37. The molecule has 1 fully saturated rings. The van der Waals surface area contributed by atoms with Crippen molar-refractivity contribution in [3.05, 3.63) is 58.8 Å². The van der Waals surface area contributed by atoms with Gasteiger partial charge in [0.1, 0.15) is 5.82 Å². The molecule has 3 rings (SSSR count). The van der Waals surface area contributed by atoms with Crippen molar-refractivity contribution >= 4 is 23.3 Å². The highest BCUT2D eigenvalue weighted by atomic mass is 35.5. The van der Waals surface area contributed by atoms with Gasteiger partial charge in [0.25, 0.3) is 5.91 Å². The SMILES string of the molecule is CC(C)=CCC[C@@H](C)CN1CCC(n2nccc2NC(=O)c2ccccc2Cl)CC1. The van der Waals surface area contributed by atoms with E-state index in [9.17, 15) is 4.79 Å². The number of rotatable bonds is 8. The average molecular weight is 429 g/mol. The Morgan fingerprint density at radius 2 is 2.00 bits per heavy atom. The van der Waals surface area contributed by atoms with Gasteiger partial charge < -0.3 is 10.2 Å². The molecule has 2 heterocycles. The molecule has 30 heavy (non-hydrogen) atoms. The summed E-state index contributed by atoms with van der Waals surface area (Å²) in [7, 11) is 0. The maximum Gasteiger partial charge on any atom is 0.258 e. The molecule has 1 aliphatic rings. The number of likely N-dealkylation sites (tertiary alicyclic amines) is 1. The van der Waals surface area contributed by atoms with Crippen LogP contribution in [-0.4, -0.2) is 40.2 Å². The number of amides is 1. The second-order valence-corrected chi connectivity index (χ2v) is 9.00. The fourth-order valence-electron chi connectivity index (χ4n) is 4.07. The Labute approximate surface area is 185 Å². The Bertz CT molecular complexity index is 864. The van der Waals surface area contributed by atoms with E-state index in [0.717, 1.165) is 38.3 Å². The third kappa shape index (κ3) is 6.19. The summed E-state index contributed by atoms with van der Waals surface area (Å²) in [5, 5.41) is 7.93. The molecule has 1 N–H and O–H groups in total. The molecule has 1 aromatic carbocycles. The van der Waals surface area contributed by atoms with Crippen molar-refractivity contribution in [3.8, 4) is 0 Å². The molecular weight excluding hydrogens is 396 g/mol. The number of aromatic nitrogens is 2. The number of piperidine rings is 1. The van der Waals surface area contributed by atoms with E-state index in [4.69, 9.17) is 11.6 Å². The quantitative estimate of drug-likeness (QED) is 0.540. The van der Waals surface area contributed by atoms with Gasteiger partial charge in [0.2, 0.25) is 0 Å². The first-order chi connectivity index (χ1) is 14.4. The van der Waals surface area contributed by atoms with Crippen LogP contribution in [-0.2, 0) is 0 Å². The van der Waals surface area contributed by atoms with E-state index in [2.05, 4.69) is 42.2 Å². The van der Waals surface area contributed by atoms with Gasteiger partial charge in [-0.2, -0.15) is 5.10 Å². The van der Waals surface area contributed by atoms with Crippen LogP contribution in [0.5, 0.6) is 0 Å². The Morgan fingerprint density at radius 1 is 1.27 bits per heavy atom. The van der Waals surface area contributed by atoms with E-state index in [1.165, 1.54) is 18.4 Å². The summed E-state index contributed by atoms with van der Waals surface area (Å²) in [5.41, 5.74) is 1.88. The largest absolute Gasteiger partial charge is 0.307 e. The van der Waals surface area contributed by atoms with Crippen LogP contribution in [0.15, 0.2) is 48.2 Å². The predicted octanol–water partition coefficient (Wildman–Crippen LogP) is 5.81. The van der Waals surface area contributed by atoms with Crippen molar-refractivity contribution in [1.82, 2.24) is 14.7 Å². The summed E-state index contributed by atoms with van der Waals surface area (Å²) in [6.07, 6.45) is 8.57. The molecule has 6 heteroatoms. The fourth-order valence-corrected chi connectivity index (χ4v) is 4.29. The molecule has 1 atom stereocenters. The standard InChI is InChI=1S/C24H33ClN4O/c1-18(2)7-6-8-19(3)17-28-15-12-20(13-16-28)29-23(11-14-26-29)27-24(30)21-9-4-5-10-22(21)25/h4-5,7,9-11,14,19-20H,6,8,12-13,15-17H2,1-3H3,(H,27,30)/t19-/m1/s1. The lowest BCUT2D eigenvalue weighted by molar-refractivity contribution is 0.102. The summed E-state index contributed by atoms with van der Waals surface area (Å²) in [6.45, 7) is 9.95. The Morgan fingerprint density at radius 3 is 2.70 bits per heavy atom. The minimum atomic E-state index is -0.204. The number of hydrogen-bond acceptors (Lipinski definition) is 3. The number of benzene rings is 1. The monoisotopic (exact) mass is 428 g/mol. The summed E-state index contributed by atoms with van der Waals surface area (Å²) < 4.78 is 1.96. The van der Waals surface area contributed by atoms with Gasteiger partial charge >= 0.3 is 0 Å². The van der Waals surface area contributed by atoms with Crippen molar-refractivity contribution in [2.45, 2.75) is 52.5 Å². The molecule has 0 spiro atoms. The van der Waals surface area contributed by atoms with Crippen LogP contribution >= 0.6 is 11.6 Å². The van der Waals surface area contributed by atoms with E-state index in [1.807, 2.05) is 22.9 Å². The molecule has 0 saturated carbocycles. The van der Waals surface area contributed by atoms with E-state index < -0.39 is 0 Å². The number of carbonyl (C=O) groups is 1. The van der Waals surface area contributed by atoms with Crippen LogP contribution in [0.25, 0.3) is 0 Å². The molecule has 0 unspecified atom stereocenters. The summed E-state index contributed by atoms with van der Waals surface area (Å²) in [5.74, 6) is 1.23. The summed E-state index contributed by atoms with van der Waals surface area (Å²) in [4.78, 5) is 15.2. The first-order valence-electron chi connectivity index (χ1n) is 10.9. The molecular formula is C24H33ClN4O. The number of anilines is 1. The Kier molecular flexibility index (Phi) is 8.11. The number of allylic oxidation sites excluding steroid dienone is 2. The second kappa shape index (κ2) is 10.8. The predicted molar refractivity (Wildman–Crippen MR) is 124 cm³/mol. The van der Waals surface area contributed by atoms with Gasteiger partial charge in [0.05, 0.1) is 22.8 Å². The zero-order valence-corrected chi connectivity index (χ0v) is 19.0. The Hall–Kier alpha value is -2.11. The molecule has 1 aromatic heterocycles. The normalized spacial score (nSPS) is 16.3. The number of nitrogens with one attached hydrogen (secondary N) is 1. The van der Waals surface area contributed by atoms with Crippen LogP contribution in [0.4, 0.5) is 5.82 Å². The van der Waals surface area contributed by atoms with E-state index in [0.29, 0.717) is 22.5 Å². The number of nitrogens with zero attached hydrogens (tertiary/aromatic N) is 3. The van der Waals surface area contributed by atoms with Crippen LogP contribution in [0.3, 0.4) is 0 Å². The molecule has 0 radical (unpaired) electrons. The van der Waals surface area contributed by atoms with E-state index in [1.54, 1.807) is 18.3 Å². The van der Waals surface area contributed by atoms with Crippen molar-refractivity contribution in [1.29, 1.82) is 0 Å². The van der Waals surface area contributed by atoms with Crippen LogP contribution in [0.1, 0.15) is 62.9 Å². The van der Waals surface area contributed by atoms with Crippen LogP contribution in [0.2, 0.25) is 5.02 Å². The van der Waals surface area contributed by atoms with Crippen molar-refractivity contribution in [3.63, 3.8) is 0 Å². The van der Waals surface area contributed by atoms with Crippen LogP contribution in [0, 0.1) is 5.92 Å². The first-order valence-corrected chi connectivity index (χ1v) is 11.3. The van der Waals surface area contributed by atoms with Gasteiger partial charge in [-0.05, 0) is 57.6 Å². The zero-order chi connectivity index (χ0) is 21.5.